The van der Waals surface area contributed by atoms with Crippen LogP contribution in [0, 0.1) is 0 Å². The summed E-state index contributed by atoms with van der Waals surface area (Å²) in [5.74, 6) is -0.758. The molecule has 0 aliphatic carbocycles. The number of rotatable bonds is 7. The van der Waals surface area contributed by atoms with Gasteiger partial charge in [-0.2, -0.15) is 16.9 Å². The van der Waals surface area contributed by atoms with Crippen LogP contribution in [0.3, 0.4) is 0 Å². The highest BCUT2D eigenvalue weighted by atomic mass is 32.2. The van der Waals surface area contributed by atoms with Gasteiger partial charge >= 0.3 is 5.97 Å². The summed E-state index contributed by atoms with van der Waals surface area (Å²) in [5, 5.41) is 14.0. The van der Waals surface area contributed by atoms with Gasteiger partial charge in [0.05, 0.1) is 17.8 Å². The van der Waals surface area contributed by atoms with Crippen molar-refractivity contribution in [3.05, 3.63) is 17.5 Å². The average Bonchev–Trinajstić information content (AvgIpc) is 2.74. The topological polar surface area (TPSA) is 58.4 Å². The molecule has 0 spiro atoms. The summed E-state index contributed by atoms with van der Waals surface area (Å²) < 4.78 is 2.06. The van der Waals surface area contributed by atoms with Crippen molar-refractivity contribution in [1.29, 1.82) is 0 Å². The lowest BCUT2D eigenvalue weighted by atomic mass is 10.2. The minimum Gasteiger partial charge on any atom is -0.481 e. The van der Waals surface area contributed by atoms with Crippen molar-refractivity contribution in [2.75, 3.05) is 19.3 Å². The molecule has 5 nitrogen and oxygen atoms in total. The summed E-state index contributed by atoms with van der Waals surface area (Å²) in [6.07, 6.45) is 5.17. The molecule has 1 atom stereocenters. The number of thioether (sulfide) groups is 1. The number of aryl methyl sites for hydroxylation is 2. The van der Waals surface area contributed by atoms with Crippen molar-refractivity contribution in [3.63, 3.8) is 0 Å². The molecular formula is C15H25N3O2S. The molecule has 2 rings (SSSR count). The van der Waals surface area contributed by atoms with E-state index in [-0.39, 0.29) is 6.42 Å². The van der Waals surface area contributed by atoms with E-state index < -0.39 is 5.97 Å². The molecule has 0 unspecified atom stereocenters. The van der Waals surface area contributed by atoms with Crippen molar-refractivity contribution in [3.8, 4) is 0 Å². The van der Waals surface area contributed by atoms with E-state index in [1.165, 1.54) is 12.1 Å². The Labute approximate surface area is 130 Å². The summed E-state index contributed by atoms with van der Waals surface area (Å²) in [4.78, 5) is 13.1. The summed E-state index contributed by atoms with van der Waals surface area (Å²) in [5.41, 5.74) is 2.14. The zero-order valence-electron chi connectivity index (χ0n) is 12.9. The molecule has 118 valence electrons. The third-order valence-electron chi connectivity index (χ3n) is 3.99. The van der Waals surface area contributed by atoms with Gasteiger partial charge in [-0.3, -0.25) is 14.4 Å². The Morgan fingerprint density at radius 1 is 1.52 bits per heavy atom. The minimum atomic E-state index is -0.758. The highest BCUT2D eigenvalue weighted by Gasteiger charge is 2.17. The van der Waals surface area contributed by atoms with E-state index in [1.807, 2.05) is 11.8 Å². The van der Waals surface area contributed by atoms with Gasteiger partial charge in [0, 0.05) is 31.3 Å². The van der Waals surface area contributed by atoms with Crippen molar-refractivity contribution < 1.29 is 9.90 Å². The fourth-order valence-corrected chi connectivity index (χ4v) is 2.96. The number of nitrogens with zero attached hydrogens (tertiary/aromatic N) is 3. The van der Waals surface area contributed by atoms with Crippen molar-refractivity contribution in [2.45, 2.75) is 50.9 Å². The summed E-state index contributed by atoms with van der Waals surface area (Å²) >= 11 is 1.92. The fourth-order valence-electron chi connectivity index (χ4n) is 2.62. The predicted molar refractivity (Wildman–Crippen MR) is 85.7 cm³/mol. The average molecular weight is 311 g/mol. The molecule has 2 heterocycles. The molecule has 0 saturated carbocycles. The molecule has 1 aliphatic heterocycles. The molecule has 0 aromatic carbocycles. The van der Waals surface area contributed by atoms with Crippen molar-refractivity contribution >= 4 is 17.7 Å². The van der Waals surface area contributed by atoms with Crippen LogP contribution in [-0.4, -0.2) is 50.4 Å². The SMILES string of the molecule is CS[C@@H](C)CCN1CCCn2nc(CCC(=O)O)cc2C1. The number of hydrogen-bond donors (Lipinski definition) is 1. The van der Waals surface area contributed by atoms with Gasteiger partial charge in [0.25, 0.3) is 0 Å². The first-order chi connectivity index (χ1) is 10.1. The van der Waals surface area contributed by atoms with Crippen LogP contribution in [-0.2, 0) is 24.3 Å². The number of fused-ring (bicyclic) bond motifs is 1. The molecule has 0 fully saturated rings. The van der Waals surface area contributed by atoms with Crippen molar-refractivity contribution in [2.24, 2.45) is 0 Å². The number of carbonyl (C=O) groups is 1. The van der Waals surface area contributed by atoms with Crippen LogP contribution < -0.4 is 0 Å². The van der Waals surface area contributed by atoms with Gasteiger partial charge in [-0.15, -0.1) is 0 Å². The Morgan fingerprint density at radius 2 is 2.33 bits per heavy atom. The van der Waals surface area contributed by atoms with Gasteiger partial charge in [-0.25, -0.2) is 0 Å². The number of hydrogen-bond acceptors (Lipinski definition) is 4. The molecule has 1 aromatic heterocycles. The molecule has 0 radical (unpaired) electrons. The summed E-state index contributed by atoms with van der Waals surface area (Å²) in [7, 11) is 0. The molecule has 0 bridgehead atoms. The quantitative estimate of drug-likeness (QED) is 0.837. The van der Waals surface area contributed by atoms with Crippen LogP contribution >= 0.6 is 11.8 Å². The van der Waals surface area contributed by atoms with Crippen molar-refractivity contribution in [1.82, 2.24) is 14.7 Å². The molecule has 21 heavy (non-hydrogen) atoms. The molecule has 0 saturated heterocycles. The predicted octanol–water partition coefficient (Wildman–Crippen LogP) is 2.25. The number of carboxylic acids is 1. The fraction of sp³-hybridized carbons (Fsp3) is 0.733. The Kier molecular flexibility index (Phi) is 6.11. The Morgan fingerprint density at radius 3 is 3.05 bits per heavy atom. The molecule has 1 aromatic rings. The van der Waals surface area contributed by atoms with Crippen LogP contribution in [0.1, 0.15) is 37.6 Å². The van der Waals surface area contributed by atoms with Gasteiger partial charge in [-0.05, 0) is 31.7 Å². The second-order valence-corrected chi connectivity index (χ2v) is 6.98. The maximum absolute atomic E-state index is 10.7. The van der Waals surface area contributed by atoms with E-state index in [9.17, 15) is 4.79 Å². The standard InChI is InChI=1S/C15H25N3O2S/c1-12(21-2)6-9-17-7-3-8-18-14(11-17)10-13(16-18)4-5-15(19)20/h10,12H,3-9,11H2,1-2H3,(H,19,20)/t12-/m0/s1. The van der Waals surface area contributed by atoms with E-state index >= 15 is 0 Å². The lowest BCUT2D eigenvalue weighted by Gasteiger charge is -2.20. The zero-order valence-corrected chi connectivity index (χ0v) is 13.7. The lowest BCUT2D eigenvalue weighted by molar-refractivity contribution is -0.136. The van der Waals surface area contributed by atoms with Gasteiger partial charge in [0.1, 0.15) is 0 Å². The minimum absolute atomic E-state index is 0.158. The van der Waals surface area contributed by atoms with E-state index in [1.54, 1.807) is 0 Å². The van der Waals surface area contributed by atoms with Crippen LogP contribution in [0.15, 0.2) is 6.07 Å². The maximum atomic E-state index is 10.7. The maximum Gasteiger partial charge on any atom is 0.303 e. The molecule has 6 heteroatoms. The highest BCUT2D eigenvalue weighted by molar-refractivity contribution is 7.99. The first kappa shape index (κ1) is 16.4. The smallest absolute Gasteiger partial charge is 0.303 e. The zero-order chi connectivity index (χ0) is 15.2. The van der Waals surface area contributed by atoms with Crippen LogP contribution in [0.4, 0.5) is 0 Å². The number of carboxylic acid groups (broad SMARTS) is 1. The largest absolute Gasteiger partial charge is 0.481 e. The summed E-state index contributed by atoms with van der Waals surface area (Å²) in [6, 6.07) is 2.08. The second kappa shape index (κ2) is 7.84. The van der Waals surface area contributed by atoms with E-state index in [0.29, 0.717) is 11.7 Å². The van der Waals surface area contributed by atoms with Gasteiger partial charge in [0.2, 0.25) is 0 Å². The van der Waals surface area contributed by atoms with Crippen LogP contribution in [0.25, 0.3) is 0 Å². The summed E-state index contributed by atoms with van der Waals surface area (Å²) in [6.45, 7) is 6.39. The third-order valence-corrected chi connectivity index (χ3v) is 5.03. The first-order valence-electron chi connectivity index (χ1n) is 7.61. The monoisotopic (exact) mass is 311 g/mol. The first-order valence-corrected chi connectivity index (χ1v) is 8.90. The molecule has 1 aliphatic rings. The lowest BCUT2D eigenvalue weighted by Crippen LogP contribution is -2.26. The normalized spacial score (nSPS) is 17.2. The van der Waals surface area contributed by atoms with Gasteiger partial charge in [-0.1, -0.05) is 6.92 Å². The molecule has 0 amide bonds. The van der Waals surface area contributed by atoms with Gasteiger partial charge in [0.15, 0.2) is 0 Å². The van der Waals surface area contributed by atoms with Crippen LogP contribution in [0.5, 0.6) is 0 Å². The van der Waals surface area contributed by atoms with Gasteiger partial charge < -0.3 is 5.11 Å². The van der Waals surface area contributed by atoms with E-state index in [0.717, 1.165) is 38.3 Å². The van der Waals surface area contributed by atoms with E-state index in [4.69, 9.17) is 5.11 Å². The van der Waals surface area contributed by atoms with Crippen LogP contribution in [0.2, 0.25) is 0 Å². The Bertz CT molecular complexity index is 475. The highest BCUT2D eigenvalue weighted by Crippen LogP contribution is 2.17. The Hall–Kier alpha value is -1.01. The molecule has 1 N–H and O–H groups in total. The Balaban J connectivity index is 1.93. The third kappa shape index (κ3) is 5.04. The van der Waals surface area contributed by atoms with E-state index in [2.05, 4.69) is 33.9 Å². The number of aromatic nitrogens is 2. The number of aliphatic carboxylic acids is 1. The molecular weight excluding hydrogens is 286 g/mol. The second-order valence-electron chi connectivity index (χ2n) is 5.71.